The van der Waals surface area contributed by atoms with Crippen LogP contribution in [0.1, 0.15) is 23.6 Å². The van der Waals surface area contributed by atoms with Gasteiger partial charge in [0.15, 0.2) is 17.6 Å². The van der Waals surface area contributed by atoms with Gasteiger partial charge in [-0.15, -0.1) is 0 Å². The number of methoxy groups -OCH3 is 2. The van der Waals surface area contributed by atoms with Crippen molar-refractivity contribution in [1.29, 1.82) is 0 Å². The van der Waals surface area contributed by atoms with E-state index in [4.69, 9.17) is 25.8 Å². The van der Waals surface area contributed by atoms with Gasteiger partial charge in [-0.05, 0) is 61.7 Å². The number of esters is 1. The van der Waals surface area contributed by atoms with E-state index in [1.807, 2.05) is 32.0 Å². The average molecular weight is 418 g/mol. The summed E-state index contributed by atoms with van der Waals surface area (Å²) in [6.45, 7) is 5.34. The lowest BCUT2D eigenvalue weighted by Gasteiger charge is -2.14. The summed E-state index contributed by atoms with van der Waals surface area (Å²) in [6.07, 6.45) is 1.78. The minimum absolute atomic E-state index is 0.348. The van der Waals surface area contributed by atoms with E-state index in [0.29, 0.717) is 27.8 Å². The number of hydrogen-bond donors (Lipinski definition) is 1. The van der Waals surface area contributed by atoms with E-state index in [1.165, 1.54) is 33.3 Å². The smallest absolute Gasteiger partial charge is 0.331 e. The quantitative estimate of drug-likeness (QED) is 0.528. The Hall–Kier alpha value is -2.99. The number of carbonyl (C=O) groups is 2. The fraction of sp³-hybridized carbons (Fsp3) is 0.273. The minimum atomic E-state index is -0.957. The van der Waals surface area contributed by atoms with Crippen LogP contribution in [0.5, 0.6) is 11.5 Å². The monoisotopic (exact) mass is 417 g/mol. The molecule has 0 saturated carbocycles. The van der Waals surface area contributed by atoms with Gasteiger partial charge in [0.1, 0.15) is 0 Å². The summed E-state index contributed by atoms with van der Waals surface area (Å²) in [7, 11) is 2.98. The van der Waals surface area contributed by atoms with Crippen molar-refractivity contribution in [2.24, 2.45) is 0 Å². The van der Waals surface area contributed by atoms with Gasteiger partial charge in [0.05, 0.1) is 19.2 Å². The molecule has 154 valence electrons. The molecule has 29 heavy (non-hydrogen) atoms. The molecular weight excluding hydrogens is 394 g/mol. The summed E-state index contributed by atoms with van der Waals surface area (Å²) in [5, 5.41) is 3.13. The predicted molar refractivity (Wildman–Crippen MR) is 114 cm³/mol. The molecule has 1 amide bonds. The summed E-state index contributed by atoms with van der Waals surface area (Å²) in [5.41, 5.74) is 3.25. The minimum Gasteiger partial charge on any atom is -0.493 e. The van der Waals surface area contributed by atoms with Crippen molar-refractivity contribution in [1.82, 2.24) is 0 Å². The molecule has 0 radical (unpaired) electrons. The molecular formula is C22H24ClNO5. The lowest BCUT2D eigenvalue weighted by molar-refractivity contribution is -0.148. The number of amides is 1. The number of halogens is 1. The van der Waals surface area contributed by atoms with Gasteiger partial charge < -0.3 is 19.5 Å². The second-order valence-electron chi connectivity index (χ2n) is 6.46. The van der Waals surface area contributed by atoms with Gasteiger partial charge in [0.25, 0.3) is 5.91 Å². The molecule has 0 saturated heterocycles. The van der Waals surface area contributed by atoms with Crippen LogP contribution in [0.15, 0.2) is 36.4 Å². The van der Waals surface area contributed by atoms with Crippen molar-refractivity contribution >= 4 is 35.2 Å². The highest BCUT2D eigenvalue weighted by atomic mass is 35.5. The van der Waals surface area contributed by atoms with E-state index in [1.54, 1.807) is 12.1 Å². The van der Waals surface area contributed by atoms with Crippen molar-refractivity contribution in [3.63, 3.8) is 0 Å². The lowest BCUT2D eigenvalue weighted by atomic mass is 10.1. The molecule has 0 aromatic heterocycles. The highest BCUT2D eigenvalue weighted by Gasteiger charge is 2.17. The molecule has 6 nitrogen and oxygen atoms in total. The molecule has 1 N–H and O–H groups in total. The number of hydrogen-bond acceptors (Lipinski definition) is 5. The van der Waals surface area contributed by atoms with Crippen LogP contribution in [0.4, 0.5) is 5.69 Å². The van der Waals surface area contributed by atoms with E-state index in [9.17, 15) is 9.59 Å². The van der Waals surface area contributed by atoms with E-state index in [-0.39, 0.29) is 0 Å². The number of benzene rings is 2. The van der Waals surface area contributed by atoms with Gasteiger partial charge in [0, 0.05) is 11.8 Å². The molecule has 0 fully saturated rings. The van der Waals surface area contributed by atoms with Gasteiger partial charge in [-0.3, -0.25) is 4.79 Å². The molecule has 0 spiro atoms. The van der Waals surface area contributed by atoms with E-state index in [2.05, 4.69) is 5.32 Å². The molecule has 0 aliphatic rings. The molecule has 0 bridgehead atoms. The molecule has 7 heteroatoms. The Morgan fingerprint density at radius 1 is 1.10 bits per heavy atom. The Kier molecular flexibility index (Phi) is 7.67. The Labute approximate surface area is 175 Å². The Morgan fingerprint density at radius 2 is 1.83 bits per heavy atom. The summed E-state index contributed by atoms with van der Waals surface area (Å²) in [6, 6.07) is 9.04. The topological polar surface area (TPSA) is 73.9 Å². The SMILES string of the molecule is COc1cc(/C=C/C(=O)O[C@@H](C)C(=O)Nc2cc(C)ccc2C)cc(Cl)c1OC. The first-order valence-electron chi connectivity index (χ1n) is 8.93. The van der Waals surface area contributed by atoms with Crippen LogP contribution in [0, 0.1) is 13.8 Å². The van der Waals surface area contributed by atoms with Crippen LogP contribution in [-0.4, -0.2) is 32.2 Å². The molecule has 2 aromatic carbocycles. The zero-order valence-corrected chi connectivity index (χ0v) is 17.8. The van der Waals surface area contributed by atoms with Crippen LogP contribution in [-0.2, 0) is 14.3 Å². The normalized spacial score (nSPS) is 11.8. The maximum absolute atomic E-state index is 12.3. The van der Waals surface area contributed by atoms with Crippen LogP contribution in [0.3, 0.4) is 0 Å². The first-order valence-corrected chi connectivity index (χ1v) is 9.31. The molecule has 0 aliphatic carbocycles. The van der Waals surface area contributed by atoms with Crippen LogP contribution < -0.4 is 14.8 Å². The third kappa shape index (κ3) is 5.99. The van der Waals surface area contributed by atoms with E-state index in [0.717, 1.165) is 11.1 Å². The Morgan fingerprint density at radius 3 is 2.48 bits per heavy atom. The van der Waals surface area contributed by atoms with Crippen LogP contribution in [0.25, 0.3) is 6.08 Å². The van der Waals surface area contributed by atoms with Crippen molar-refractivity contribution in [3.05, 3.63) is 58.1 Å². The maximum atomic E-state index is 12.3. The van der Waals surface area contributed by atoms with Gasteiger partial charge in [-0.2, -0.15) is 0 Å². The number of ether oxygens (including phenoxy) is 3. The maximum Gasteiger partial charge on any atom is 0.331 e. The summed E-state index contributed by atoms with van der Waals surface area (Å²) in [4.78, 5) is 24.4. The van der Waals surface area contributed by atoms with Crippen molar-refractivity contribution in [2.75, 3.05) is 19.5 Å². The van der Waals surface area contributed by atoms with Gasteiger partial charge >= 0.3 is 5.97 Å². The first kappa shape index (κ1) is 22.3. The zero-order valence-electron chi connectivity index (χ0n) is 17.0. The van der Waals surface area contributed by atoms with Crippen molar-refractivity contribution in [3.8, 4) is 11.5 Å². The highest BCUT2D eigenvalue weighted by molar-refractivity contribution is 6.32. The number of rotatable bonds is 7. The number of anilines is 1. The molecule has 0 heterocycles. The molecule has 1 atom stereocenters. The summed E-state index contributed by atoms with van der Waals surface area (Å²) in [5.74, 6) is -0.214. The third-order valence-electron chi connectivity index (χ3n) is 4.18. The van der Waals surface area contributed by atoms with E-state index >= 15 is 0 Å². The fourth-order valence-corrected chi connectivity index (χ4v) is 2.87. The zero-order chi connectivity index (χ0) is 21.6. The van der Waals surface area contributed by atoms with E-state index < -0.39 is 18.0 Å². The third-order valence-corrected chi connectivity index (χ3v) is 4.46. The van der Waals surface area contributed by atoms with Crippen molar-refractivity contribution < 1.29 is 23.8 Å². The summed E-state index contributed by atoms with van der Waals surface area (Å²) >= 11 is 6.15. The number of nitrogens with one attached hydrogen (secondary N) is 1. The average Bonchev–Trinajstić information content (AvgIpc) is 2.68. The second kappa shape index (κ2) is 9.98. The standard InChI is InChI=1S/C22H24ClNO5/c1-13-6-7-14(2)18(10-13)24-22(26)15(3)29-20(25)9-8-16-11-17(23)21(28-5)19(12-16)27-4/h6-12,15H,1-5H3,(H,24,26)/b9-8+/t15-/m0/s1. The molecule has 2 rings (SSSR count). The van der Waals surface area contributed by atoms with Gasteiger partial charge in [-0.1, -0.05) is 23.7 Å². The first-order chi connectivity index (χ1) is 13.7. The Balaban J connectivity index is 2.01. The van der Waals surface area contributed by atoms with Crippen molar-refractivity contribution in [2.45, 2.75) is 26.9 Å². The number of carbonyl (C=O) groups excluding carboxylic acids is 2. The largest absolute Gasteiger partial charge is 0.493 e. The van der Waals surface area contributed by atoms with Gasteiger partial charge in [-0.25, -0.2) is 4.79 Å². The fourth-order valence-electron chi connectivity index (χ4n) is 2.57. The summed E-state index contributed by atoms with van der Waals surface area (Å²) < 4.78 is 15.6. The Bertz CT molecular complexity index is 939. The van der Waals surface area contributed by atoms with Crippen LogP contribution in [0.2, 0.25) is 5.02 Å². The van der Waals surface area contributed by atoms with Crippen LogP contribution >= 0.6 is 11.6 Å². The second-order valence-corrected chi connectivity index (χ2v) is 6.87. The predicted octanol–water partition coefficient (Wildman–Crippen LogP) is 4.56. The molecule has 0 unspecified atom stereocenters. The van der Waals surface area contributed by atoms with Gasteiger partial charge in [0.2, 0.25) is 0 Å². The molecule has 0 aliphatic heterocycles. The lowest BCUT2D eigenvalue weighted by Crippen LogP contribution is -2.29. The highest BCUT2D eigenvalue weighted by Crippen LogP contribution is 2.36. The molecule has 2 aromatic rings. The number of aryl methyl sites for hydroxylation is 2.